The van der Waals surface area contributed by atoms with Crippen molar-refractivity contribution in [2.24, 2.45) is 0 Å². The van der Waals surface area contributed by atoms with Crippen LogP contribution in [0.25, 0.3) is 0 Å². The second kappa shape index (κ2) is 10.1. The lowest BCUT2D eigenvalue weighted by Crippen LogP contribution is -2.32. The van der Waals surface area contributed by atoms with Crippen molar-refractivity contribution >= 4 is 0 Å². The summed E-state index contributed by atoms with van der Waals surface area (Å²) >= 11 is 0. The van der Waals surface area contributed by atoms with E-state index < -0.39 is 0 Å². The summed E-state index contributed by atoms with van der Waals surface area (Å²) in [7, 11) is 0. The number of piperidine rings is 3. The van der Waals surface area contributed by atoms with Gasteiger partial charge in [0.15, 0.2) is 0 Å². The molecule has 3 fully saturated rings. The first-order valence-electron chi connectivity index (χ1n) is 11.9. The predicted octanol–water partition coefficient (Wildman–Crippen LogP) is 4.06. The van der Waals surface area contributed by atoms with Gasteiger partial charge in [0.05, 0.1) is 0 Å². The van der Waals surface area contributed by atoms with E-state index in [4.69, 9.17) is 0 Å². The fraction of sp³-hybridized carbons (Fsp3) is 0.750. The van der Waals surface area contributed by atoms with Crippen molar-refractivity contribution in [2.75, 3.05) is 39.3 Å². The van der Waals surface area contributed by atoms with Crippen molar-refractivity contribution in [2.45, 2.75) is 77.4 Å². The molecule has 0 atom stereocenters. The molecule has 3 heterocycles. The van der Waals surface area contributed by atoms with Gasteiger partial charge in [-0.2, -0.15) is 0 Å². The first-order chi connectivity index (χ1) is 14.2. The molecule has 3 aliphatic rings. The Morgan fingerprint density at radius 2 is 0.966 bits per heavy atom. The molecule has 1 aromatic carbocycles. The highest BCUT2D eigenvalue weighted by atomic mass is 16.3. The molecule has 0 saturated carbocycles. The summed E-state index contributed by atoms with van der Waals surface area (Å²) in [6.07, 6.45) is 11.3. The largest absolute Gasteiger partial charge is 0.508 e. The lowest BCUT2D eigenvalue weighted by atomic mass is 9.97. The van der Waals surface area contributed by atoms with Gasteiger partial charge in [-0.3, -0.25) is 14.7 Å². The maximum absolute atomic E-state index is 11.3. The Morgan fingerprint density at radius 3 is 1.45 bits per heavy atom. The number of hydrogen-bond acceptors (Lipinski definition) is 5. The van der Waals surface area contributed by atoms with Gasteiger partial charge in [0.2, 0.25) is 0 Å². The number of phenols is 2. The fourth-order valence-electron chi connectivity index (χ4n) is 5.32. The van der Waals surface area contributed by atoms with E-state index in [0.29, 0.717) is 11.5 Å². The van der Waals surface area contributed by atoms with E-state index in [1.54, 1.807) is 0 Å². The highest BCUT2D eigenvalue weighted by Gasteiger charge is 2.24. The van der Waals surface area contributed by atoms with Crippen LogP contribution in [-0.2, 0) is 19.6 Å². The third kappa shape index (κ3) is 5.44. The van der Waals surface area contributed by atoms with E-state index in [0.717, 1.165) is 75.6 Å². The van der Waals surface area contributed by atoms with Crippen LogP contribution < -0.4 is 0 Å². The third-order valence-corrected chi connectivity index (χ3v) is 7.08. The van der Waals surface area contributed by atoms with Crippen molar-refractivity contribution in [3.05, 3.63) is 22.8 Å². The molecule has 3 aliphatic heterocycles. The smallest absolute Gasteiger partial charge is 0.125 e. The molecule has 0 spiro atoms. The molecule has 0 bridgehead atoms. The first kappa shape index (κ1) is 21.0. The van der Waals surface area contributed by atoms with E-state index in [1.165, 1.54) is 57.8 Å². The summed E-state index contributed by atoms with van der Waals surface area (Å²) in [6.45, 7) is 8.84. The maximum Gasteiger partial charge on any atom is 0.125 e. The van der Waals surface area contributed by atoms with E-state index >= 15 is 0 Å². The first-order valence-corrected chi connectivity index (χ1v) is 11.9. The zero-order valence-electron chi connectivity index (χ0n) is 18.0. The molecule has 162 valence electrons. The summed E-state index contributed by atoms with van der Waals surface area (Å²) < 4.78 is 0. The Kier molecular flexibility index (Phi) is 7.33. The van der Waals surface area contributed by atoms with E-state index in [9.17, 15) is 10.2 Å². The van der Waals surface area contributed by atoms with Gasteiger partial charge in [0.1, 0.15) is 11.5 Å². The molecular formula is C24H39N3O2. The molecule has 0 aliphatic carbocycles. The molecule has 29 heavy (non-hydrogen) atoms. The Bertz CT molecular complexity index is 661. The van der Waals surface area contributed by atoms with E-state index in [1.807, 2.05) is 6.07 Å². The monoisotopic (exact) mass is 401 g/mol. The molecule has 1 aromatic rings. The van der Waals surface area contributed by atoms with Crippen LogP contribution in [0.4, 0.5) is 0 Å². The Hall–Kier alpha value is -1.30. The third-order valence-electron chi connectivity index (χ3n) is 7.08. The zero-order chi connectivity index (χ0) is 20.1. The normalized spacial score (nSPS) is 22.8. The van der Waals surface area contributed by atoms with Crippen LogP contribution in [-0.4, -0.2) is 64.2 Å². The van der Waals surface area contributed by atoms with Gasteiger partial charge in [0, 0.05) is 36.3 Å². The van der Waals surface area contributed by atoms with Gasteiger partial charge in [-0.05, 0) is 83.9 Å². The summed E-state index contributed by atoms with van der Waals surface area (Å²) in [4.78, 5) is 7.33. The molecule has 5 heteroatoms. The fourth-order valence-corrected chi connectivity index (χ4v) is 5.32. The summed E-state index contributed by atoms with van der Waals surface area (Å²) in [5, 5.41) is 22.3. The maximum atomic E-state index is 11.3. The number of likely N-dealkylation sites (tertiary alicyclic amines) is 3. The number of benzene rings is 1. The molecule has 0 amide bonds. The SMILES string of the molecule is Oc1cc(CN2CCCCC2)c(O)c(CN2CCCCC2)c1CN1CCCCC1. The summed E-state index contributed by atoms with van der Waals surface area (Å²) in [6, 6.07) is 1.85. The van der Waals surface area contributed by atoms with Crippen molar-refractivity contribution in [1.82, 2.24) is 14.7 Å². The van der Waals surface area contributed by atoms with Gasteiger partial charge in [0.25, 0.3) is 0 Å². The van der Waals surface area contributed by atoms with Gasteiger partial charge < -0.3 is 10.2 Å². The molecule has 0 radical (unpaired) electrons. The van der Waals surface area contributed by atoms with Gasteiger partial charge in [-0.25, -0.2) is 0 Å². The lowest BCUT2D eigenvalue weighted by Gasteiger charge is -2.32. The second-order valence-corrected chi connectivity index (χ2v) is 9.37. The number of nitrogens with zero attached hydrogens (tertiary/aromatic N) is 3. The van der Waals surface area contributed by atoms with Gasteiger partial charge in [-0.1, -0.05) is 19.3 Å². The minimum atomic E-state index is 0.382. The molecule has 2 N–H and O–H groups in total. The topological polar surface area (TPSA) is 50.2 Å². The minimum absolute atomic E-state index is 0.382. The molecule has 5 nitrogen and oxygen atoms in total. The van der Waals surface area contributed by atoms with E-state index in [2.05, 4.69) is 14.7 Å². The number of phenolic OH excluding ortho intramolecular Hbond substituents is 2. The summed E-state index contributed by atoms with van der Waals surface area (Å²) in [5.41, 5.74) is 2.83. The highest BCUT2D eigenvalue weighted by molar-refractivity contribution is 5.52. The Labute approximate surface area is 176 Å². The van der Waals surface area contributed by atoms with Crippen LogP contribution in [0.15, 0.2) is 6.07 Å². The van der Waals surface area contributed by atoms with Crippen LogP contribution in [0.3, 0.4) is 0 Å². The van der Waals surface area contributed by atoms with Crippen molar-refractivity contribution in [3.63, 3.8) is 0 Å². The average molecular weight is 402 g/mol. The molecule has 0 aromatic heterocycles. The van der Waals surface area contributed by atoms with Crippen LogP contribution in [0.1, 0.15) is 74.5 Å². The number of hydrogen-bond donors (Lipinski definition) is 2. The Morgan fingerprint density at radius 1 is 0.552 bits per heavy atom. The summed E-state index contributed by atoms with van der Waals surface area (Å²) in [5.74, 6) is 0.818. The van der Waals surface area contributed by atoms with Crippen LogP contribution in [0.2, 0.25) is 0 Å². The Balaban J connectivity index is 1.59. The molecule has 0 unspecified atom stereocenters. The minimum Gasteiger partial charge on any atom is -0.508 e. The van der Waals surface area contributed by atoms with E-state index in [-0.39, 0.29) is 0 Å². The predicted molar refractivity (Wildman–Crippen MR) is 117 cm³/mol. The van der Waals surface area contributed by atoms with Crippen LogP contribution in [0.5, 0.6) is 11.5 Å². The molecule has 3 saturated heterocycles. The van der Waals surface area contributed by atoms with Crippen molar-refractivity contribution in [3.8, 4) is 11.5 Å². The zero-order valence-corrected chi connectivity index (χ0v) is 18.0. The standard InChI is InChI=1S/C24H39N3O2/c28-23-16-20(17-25-10-4-1-5-11-25)24(29)22(19-27-14-8-3-9-15-27)21(23)18-26-12-6-2-7-13-26/h16,28-29H,1-15,17-19H2. The van der Waals surface area contributed by atoms with Crippen molar-refractivity contribution < 1.29 is 10.2 Å². The van der Waals surface area contributed by atoms with Crippen LogP contribution in [0, 0.1) is 0 Å². The van der Waals surface area contributed by atoms with Crippen LogP contribution >= 0.6 is 0 Å². The number of rotatable bonds is 6. The number of aromatic hydroxyl groups is 2. The van der Waals surface area contributed by atoms with Crippen molar-refractivity contribution in [1.29, 1.82) is 0 Å². The van der Waals surface area contributed by atoms with Gasteiger partial charge >= 0.3 is 0 Å². The highest BCUT2D eigenvalue weighted by Crippen LogP contribution is 2.37. The second-order valence-electron chi connectivity index (χ2n) is 9.37. The van der Waals surface area contributed by atoms with Gasteiger partial charge in [-0.15, -0.1) is 0 Å². The molecular weight excluding hydrogens is 362 g/mol. The molecule has 4 rings (SSSR count). The average Bonchev–Trinajstić information content (AvgIpc) is 2.76. The lowest BCUT2D eigenvalue weighted by molar-refractivity contribution is 0.203. The quantitative estimate of drug-likeness (QED) is 0.704.